The van der Waals surface area contributed by atoms with Crippen molar-refractivity contribution in [3.05, 3.63) is 16.1 Å². The molecule has 7 nitrogen and oxygen atoms in total. The van der Waals surface area contributed by atoms with Gasteiger partial charge in [-0.15, -0.1) is 11.8 Å². The molecule has 1 saturated heterocycles. The van der Waals surface area contributed by atoms with E-state index in [1.54, 1.807) is 13.1 Å². The number of aliphatic hydroxyl groups excluding tert-OH is 2. The van der Waals surface area contributed by atoms with Gasteiger partial charge in [0, 0.05) is 3.57 Å². The number of aliphatic hydroxyl groups is 2. The molecule has 2 N–H and O–H groups in total. The highest BCUT2D eigenvalue weighted by molar-refractivity contribution is 14.1. The van der Waals surface area contributed by atoms with E-state index in [1.165, 1.54) is 22.8 Å². The van der Waals surface area contributed by atoms with Gasteiger partial charge in [0.25, 0.3) is 6.29 Å². The van der Waals surface area contributed by atoms with Gasteiger partial charge in [0.1, 0.15) is 23.6 Å². The van der Waals surface area contributed by atoms with E-state index in [0.29, 0.717) is 5.65 Å². The maximum atomic E-state index is 9.92. The Balaban J connectivity index is 1.95. The molecule has 0 aliphatic carbocycles. The number of aromatic nitrogens is 3. The van der Waals surface area contributed by atoms with Crippen molar-refractivity contribution < 1.29 is 19.8 Å². The molecule has 0 saturated carbocycles. The van der Waals surface area contributed by atoms with Gasteiger partial charge in [-0.3, -0.25) is 0 Å². The van der Waals surface area contributed by atoms with Crippen LogP contribution in [-0.4, -0.2) is 55.8 Å². The van der Waals surface area contributed by atoms with Crippen molar-refractivity contribution in [1.29, 1.82) is 0 Å². The number of rotatable bonds is 3. The minimum atomic E-state index is -1.10. The summed E-state index contributed by atoms with van der Waals surface area (Å²) in [5.74, 6) is 0. The van der Waals surface area contributed by atoms with Crippen LogP contribution < -0.4 is 4.84 Å². The third-order valence-electron chi connectivity index (χ3n) is 3.34. The van der Waals surface area contributed by atoms with Crippen molar-refractivity contribution in [1.82, 2.24) is 14.7 Å². The van der Waals surface area contributed by atoms with Gasteiger partial charge >= 0.3 is 0 Å². The summed E-state index contributed by atoms with van der Waals surface area (Å²) in [4.78, 5) is 14.1. The lowest BCUT2D eigenvalue weighted by Gasteiger charge is -2.17. The number of ether oxygens (including phenoxy) is 1. The Morgan fingerprint density at radius 1 is 1.38 bits per heavy atom. The predicted octanol–water partition coefficient (Wildman–Crippen LogP) is 0.653. The van der Waals surface area contributed by atoms with E-state index >= 15 is 0 Å². The lowest BCUT2D eigenvalue weighted by atomic mass is 10.2. The Morgan fingerprint density at radius 2 is 2.14 bits per heavy atom. The summed E-state index contributed by atoms with van der Waals surface area (Å²) in [5, 5.41) is 21.4. The molecular weight excluding hydrogens is 409 g/mol. The second-order valence-corrected chi connectivity index (χ2v) is 6.64. The highest BCUT2D eigenvalue weighted by Crippen LogP contribution is 2.29. The van der Waals surface area contributed by atoms with Crippen LogP contribution >= 0.6 is 34.4 Å². The van der Waals surface area contributed by atoms with E-state index in [0.717, 1.165) is 14.0 Å². The molecule has 1 aliphatic heterocycles. The van der Waals surface area contributed by atoms with Gasteiger partial charge in [-0.1, -0.05) is 0 Å². The topological polar surface area (TPSA) is 89.6 Å². The average molecular weight is 423 g/mol. The van der Waals surface area contributed by atoms with Gasteiger partial charge in [0.2, 0.25) is 0 Å². The smallest absolute Gasteiger partial charge is 0.253 e. The van der Waals surface area contributed by atoms with Crippen LogP contribution in [0.4, 0.5) is 0 Å². The maximum Gasteiger partial charge on any atom is 0.253 e. The summed E-state index contributed by atoms with van der Waals surface area (Å²) in [7, 11) is 0. The number of fused-ring (bicyclic) bond motifs is 1. The number of halogens is 1. The van der Waals surface area contributed by atoms with E-state index in [2.05, 4.69) is 32.6 Å². The number of nitrogens with zero attached hydrogens (tertiary/aromatic N) is 3. The first-order valence-electron chi connectivity index (χ1n) is 6.27. The zero-order valence-electron chi connectivity index (χ0n) is 11.3. The molecule has 0 spiro atoms. The summed E-state index contributed by atoms with van der Waals surface area (Å²) < 4.78 is 7.80. The van der Waals surface area contributed by atoms with Crippen molar-refractivity contribution in [3.8, 4) is 0 Å². The van der Waals surface area contributed by atoms with Crippen molar-refractivity contribution in [3.63, 3.8) is 0 Å². The largest absolute Gasteiger partial charge is 0.387 e. The van der Waals surface area contributed by atoms with Gasteiger partial charge in [-0.2, -0.15) is 4.73 Å². The SMILES string of the molecule is CSc1ncnc2c1c(I)cn2O[C@@H]1O[C@H](C)[C@@H](O)[C@H]1O. The molecule has 0 radical (unpaired) electrons. The van der Waals surface area contributed by atoms with E-state index < -0.39 is 24.6 Å². The van der Waals surface area contributed by atoms with E-state index in [9.17, 15) is 10.2 Å². The van der Waals surface area contributed by atoms with Crippen LogP contribution in [0.15, 0.2) is 17.6 Å². The van der Waals surface area contributed by atoms with E-state index in [-0.39, 0.29) is 0 Å². The molecule has 21 heavy (non-hydrogen) atoms. The molecular formula is C12H14IN3O4S. The quantitative estimate of drug-likeness (QED) is 0.426. The zero-order chi connectivity index (χ0) is 15.1. The first kappa shape index (κ1) is 15.3. The summed E-state index contributed by atoms with van der Waals surface area (Å²) in [6, 6.07) is 0. The van der Waals surface area contributed by atoms with Crippen LogP contribution in [0.3, 0.4) is 0 Å². The molecule has 2 aromatic heterocycles. The molecule has 4 atom stereocenters. The monoisotopic (exact) mass is 423 g/mol. The highest BCUT2D eigenvalue weighted by Gasteiger charge is 2.42. The van der Waals surface area contributed by atoms with Crippen LogP contribution in [0.5, 0.6) is 0 Å². The maximum absolute atomic E-state index is 9.92. The number of hydrogen-bond acceptors (Lipinski definition) is 7. The third-order valence-corrected chi connectivity index (χ3v) is 4.85. The Morgan fingerprint density at radius 3 is 2.76 bits per heavy atom. The molecule has 3 rings (SSSR count). The first-order chi connectivity index (χ1) is 10.0. The summed E-state index contributed by atoms with van der Waals surface area (Å²) in [5.41, 5.74) is 0.601. The minimum absolute atomic E-state index is 0.484. The minimum Gasteiger partial charge on any atom is -0.387 e. The van der Waals surface area contributed by atoms with Crippen molar-refractivity contribution >= 4 is 45.4 Å². The van der Waals surface area contributed by atoms with Gasteiger partial charge in [-0.25, -0.2) is 9.97 Å². The molecule has 114 valence electrons. The predicted molar refractivity (Wildman–Crippen MR) is 85.0 cm³/mol. The van der Waals surface area contributed by atoms with Crippen LogP contribution in [0, 0.1) is 3.57 Å². The second kappa shape index (κ2) is 5.88. The number of hydrogen-bond donors (Lipinski definition) is 2. The lowest BCUT2D eigenvalue weighted by Crippen LogP contribution is -2.37. The van der Waals surface area contributed by atoms with Crippen LogP contribution in [-0.2, 0) is 4.74 Å². The first-order valence-corrected chi connectivity index (χ1v) is 8.57. The molecule has 3 heterocycles. The fourth-order valence-electron chi connectivity index (χ4n) is 2.21. The van der Waals surface area contributed by atoms with E-state index in [1.807, 2.05) is 6.26 Å². The molecule has 0 aromatic carbocycles. The fraction of sp³-hybridized carbons (Fsp3) is 0.500. The van der Waals surface area contributed by atoms with Crippen molar-refractivity contribution in [2.24, 2.45) is 0 Å². The lowest BCUT2D eigenvalue weighted by molar-refractivity contribution is -0.162. The Bertz CT molecular complexity index is 667. The highest BCUT2D eigenvalue weighted by atomic mass is 127. The van der Waals surface area contributed by atoms with Gasteiger partial charge < -0.3 is 19.8 Å². The summed E-state index contributed by atoms with van der Waals surface area (Å²) >= 11 is 3.71. The van der Waals surface area contributed by atoms with Gasteiger partial charge in [0.15, 0.2) is 5.65 Å². The number of thioether (sulfide) groups is 1. The molecule has 0 bridgehead atoms. The molecule has 1 fully saturated rings. The molecule has 9 heteroatoms. The van der Waals surface area contributed by atoms with Crippen LogP contribution in [0.25, 0.3) is 11.0 Å². The van der Waals surface area contributed by atoms with Crippen molar-refractivity contribution in [2.75, 3.05) is 6.26 Å². The van der Waals surface area contributed by atoms with Crippen LogP contribution in [0.1, 0.15) is 6.92 Å². The standard InChI is InChI=1S/C12H14IN3O4S/c1-5-8(17)9(18)12(19-5)20-16-3-6(13)7-10(16)14-4-15-11(7)21-2/h3-5,8-9,12,17-18H,1-2H3/t5-,8-,9-,12+/m1/s1. The molecule has 2 aromatic rings. The zero-order valence-corrected chi connectivity index (χ0v) is 14.3. The van der Waals surface area contributed by atoms with Gasteiger partial charge in [0.05, 0.1) is 17.7 Å². The normalized spacial score (nSPS) is 29.2. The molecule has 0 unspecified atom stereocenters. The van der Waals surface area contributed by atoms with Gasteiger partial charge in [-0.05, 0) is 35.8 Å². The Kier molecular flexibility index (Phi) is 4.28. The summed E-state index contributed by atoms with van der Waals surface area (Å²) in [6.07, 6.45) is 1.68. The van der Waals surface area contributed by atoms with Crippen molar-refractivity contribution in [2.45, 2.75) is 36.6 Å². The molecule has 1 aliphatic rings. The summed E-state index contributed by atoms with van der Waals surface area (Å²) in [6.45, 7) is 1.68. The Labute approximate surface area is 138 Å². The van der Waals surface area contributed by atoms with E-state index in [4.69, 9.17) is 9.57 Å². The third kappa shape index (κ3) is 2.61. The average Bonchev–Trinajstić information content (AvgIpc) is 2.92. The fourth-order valence-corrected chi connectivity index (χ4v) is 3.70. The second-order valence-electron chi connectivity index (χ2n) is 4.68. The molecule has 0 amide bonds. The van der Waals surface area contributed by atoms with Crippen LogP contribution in [0.2, 0.25) is 0 Å². The Hall–Kier alpha value is -0.620.